The number of benzene rings is 4. The number of hydrogen-bond acceptors (Lipinski definition) is 6. The quantitative estimate of drug-likeness (QED) is 0.178. The molecule has 8 nitrogen and oxygen atoms in total. The van der Waals surface area contributed by atoms with E-state index in [1.807, 2.05) is 18.2 Å². The summed E-state index contributed by atoms with van der Waals surface area (Å²) in [6.07, 6.45) is 1.48. The highest BCUT2D eigenvalue weighted by atomic mass is 16.5. The standard InChI is InChI=1S/C32H25N3O5/c1-39-24-15-13-21(14-16-24)19-23(20-33)30(36)34(27-11-3-4-12-28(27)40-2)17-18-35-31(37)25-9-5-7-22-8-6-10-26(29(22)25)32(35)38/h3-16,19H,17-18H2,1-2H3/b23-19-. The summed E-state index contributed by atoms with van der Waals surface area (Å²) in [5.74, 6) is -0.413. The van der Waals surface area contributed by atoms with Gasteiger partial charge in [0, 0.05) is 29.6 Å². The van der Waals surface area contributed by atoms with Crippen LogP contribution in [0.4, 0.5) is 5.69 Å². The molecule has 0 spiro atoms. The highest BCUT2D eigenvalue weighted by molar-refractivity contribution is 6.25. The molecule has 40 heavy (non-hydrogen) atoms. The SMILES string of the molecule is COc1ccc(/C=C(/C#N)C(=O)N(CCN2C(=O)c3cccc4cccc(c34)C2=O)c2ccccc2OC)cc1. The molecule has 0 N–H and O–H groups in total. The van der Waals surface area contributed by atoms with E-state index in [2.05, 4.69) is 0 Å². The molecule has 0 unspecified atom stereocenters. The number of hydrogen-bond donors (Lipinski definition) is 0. The topological polar surface area (TPSA) is 99.9 Å². The summed E-state index contributed by atoms with van der Waals surface area (Å²) < 4.78 is 10.7. The van der Waals surface area contributed by atoms with Crippen molar-refractivity contribution in [2.45, 2.75) is 0 Å². The van der Waals surface area contributed by atoms with Crippen LogP contribution >= 0.6 is 0 Å². The zero-order chi connectivity index (χ0) is 28.2. The number of nitrogens with zero attached hydrogens (tertiary/aromatic N) is 3. The summed E-state index contributed by atoms with van der Waals surface area (Å²) in [4.78, 5) is 43.2. The first kappa shape index (κ1) is 26.2. The van der Waals surface area contributed by atoms with Gasteiger partial charge in [-0.3, -0.25) is 19.3 Å². The van der Waals surface area contributed by atoms with Gasteiger partial charge >= 0.3 is 0 Å². The predicted molar refractivity (Wildman–Crippen MR) is 151 cm³/mol. The normalized spacial score (nSPS) is 12.7. The van der Waals surface area contributed by atoms with E-state index in [9.17, 15) is 19.6 Å². The number of amides is 3. The molecular formula is C32H25N3O5. The Kier molecular flexibility index (Phi) is 7.29. The second-order valence-corrected chi connectivity index (χ2v) is 9.04. The monoisotopic (exact) mass is 531 g/mol. The molecule has 0 radical (unpaired) electrons. The number of rotatable bonds is 8. The molecule has 198 valence electrons. The largest absolute Gasteiger partial charge is 0.497 e. The van der Waals surface area contributed by atoms with Gasteiger partial charge in [0.15, 0.2) is 0 Å². The maximum absolute atomic E-state index is 13.8. The Morgan fingerprint density at radius 2 is 1.52 bits per heavy atom. The molecule has 0 atom stereocenters. The molecular weight excluding hydrogens is 506 g/mol. The third-order valence-corrected chi connectivity index (χ3v) is 6.80. The van der Waals surface area contributed by atoms with Gasteiger partial charge in [-0.15, -0.1) is 0 Å². The molecule has 4 aromatic carbocycles. The third kappa shape index (κ3) is 4.76. The number of carbonyl (C=O) groups is 3. The van der Waals surface area contributed by atoms with Crippen molar-refractivity contribution >= 4 is 40.3 Å². The van der Waals surface area contributed by atoms with Gasteiger partial charge in [-0.2, -0.15) is 5.26 Å². The molecule has 0 saturated heterocycles. The molecule has 0 fully saturated rings. The molecule has 0 saturated carbocycles. The number of anilines is 1. The van der Waals surface area contributed by atoms with Crippen LogP contribution < -0.4 is 14.4 Å². The van der Waals surface area contributed by atoms with E-state index >= 15 is 0 Å². The summed E-state index contributed by atoms with van der Waals surface area (Å²) in [6, 6.07) is 26.5. The molecule has 3 amide bonds. The fourth-order valence-corrected chi connectivity index (χ4v) is 4.82. The minimum Gasteiger partial charge on any atom is -0.497 e. The highest BCUT2D eigenvalue weighted by Gasteiger charge is 2.34. The summed E-state index contributed by atoms with van der Waals surface area (Å²) >= 11 is 0. The maximum Gasteiger partial charge on any atom is 0.269 e. The van der Waals surface area contributed by atoms with Crippen LogP contribution in [0.2, 0.25) is 0 Å². The number of carbonyl (C=O) groups excluding carboxylic acids is 3. The molecule has 5 rings (SSSR count). The Labute approximate surface area is 231 Å². The average Bonchev–Trinajstić information content (AvgIpc) is 3.00. The Morgan fingerprint density at radius 1 is 0.875 bits per heavy atom. The molecule has 4 aromatic rings. The third-order valence-electron chi connectivity index (χ3n) is 6.80. The summed E-state index contributed by atoms with van der Waals surface area (Å²) in [6.45, 7) is -0.149. The molecule has 0 aliphatic carbocycles. The minimum absolute atomic E-state index is 0.0591. The van der Waals surface area contributed by atoms with E-state index in [4.69, 9.17) is 9.47 Å². The van der Waals surface area contributed by atoms with Crippen molar-refractivity contribution in [2.75, 3.05) is 32.2 Å². The lowest BCUT2D eigenvalue weighted by atomic mass is 9.94. The van der Waals surface area contributed by atoms with Crippen LogP contribution in [0.3, 0.4) is 0 Å². The number of ether oxygens (including phenoxy) is 2. The van der Waals surface area contributed by atoms with Crippen LogP contribution in [0.15, 0.2) is 90.5 Å². The van der Waals surface area contributed by atoms with Crippen LogP contribution in [-0.2, 0) is 4.79 Å². The molecule has 0 bridgehead atoms. The molecule has 8 heteroatoms. The van der Waals surface area contributed by atoms with Crippen molar-refractivity contribution in [3.63, 3.8) is 0 Å². The van der Waals surface area contributed by atoms with E-state index in [0.29, 0.717) is 39.3 Å². The first-order valence-electron chi connectivity index (χ1n) is 12.6. The van der Waals surface area contributed by atoms with Crippen molar-refractivity contribution in [1.29, 1.82) is 5.26 Å². The minimum atomic E-state index is -0.595. The zero-order valence-electron chi connectivity index (χ0n) is 22.0. The molecule has 1 heterocycles. The van der Waals surface area contributed by atoms with E-state index < -0.39 is 17.7 Å². The fourth-order valence-electron chi connectivity index (χ4n) is 4.82. The second kappa shape index (κ2) is 11.1. The van der Waals surface area contributed by atoms with Crippen LogP contribution in [0.5, 0.6) is 11.5 Å². The van der Waals surface area contributed by atoms with Crippen molar-refractivity contribution < 1.29 is 23.9 Å². The Bertz CT molecular complexity index is 1650. The van der Waals surface area contributed by atoms with Crippen molar-refractivity contribution in [3.8, 4) is 17.6 Å². The van der Waals surface area contributed by atoms with Crippen molar-refractivity contribution in [2.24, 2.45) is 0 Å². The number of para-hydroxylation sites is 2. The van der Waals surface area contributed by atoms with Crippen molar-refractivity contribution in [3.05, 3.63) is 107 Å². The van der Waals surface area contributed by atoms with Crippen LogP contribution in [-0.4, -0.2) is 49.9 Å². The van der Waals surface area contributed by atoms with E-state index in [0.717, 1.165) is 10.3 Å². The number of methoxy groups -OCH3 is 2. The molecule has 1 aliphatic heterocycles. The van der Waals surface area contributed by atoms with Crippen LogP contribution in [0, 0.1) is 11.3 Å². The zero-order valence-corrected chi connectivity index (χ0v) is 22.0. The second-order valence-electron chi connectivity index (χ2n) is 9.04. The molecule has 0 aromatic heterocycles. The lowest BCUT2D eigenvalue weighted by Crippen LogP contribution is -2.46. The Hall–Kier alpha value is -5.42. The van der Waals surface area contributed by atoms with Gasteiger partial charge in [0.25, 0.3) is 17.7 Å². The smallest absolute Gasteiger partial charge is 0.269 e. The van der Waals surface area contributed by atoms with Gasteiger partial charge < -0.3 is 14.4 Å². The van der Waals surface area contributed by atoms with Gasteiger partial charge in [-0.1, -0.05) is 48.5 Å². The average molecular weight is 532 g/mol. The summed E-state index contributed by atoms with van der Waals surface area (Å²) in [5, 5.41) is 11.4. The first-order chi connectivity index (χ1) is 19.5. The van der Waals surface area contributed by atoms with E-state index in [1.165, 1.54) is 18.1 Å². The number of nitriles is 1. The fraction of sp³-hybridized carbons (Fsp3) is 0.125. The van der Waals surface area contributed by atoms with Gasteiger partial charge in [-0.05, 0) is 53.4 Å². The van der Waals surface area contributed by atoms with Gasteiger partial charge in [-0.25, -0.2) is 0 Å². The highest BCUT2D eigenvalue weighted by Crippen LogP contribution is 2.32. The summed E-state index contributed by atoms with van der Waals surface area (Å²) in [5.41, 5.74) is 1.78. The Balaban J connectivity index is 1.49. The van der Waals surface area contributed by atoms with E-state index in [1.54, 1.807) is 79.9 Å². The Morgan fingerprint density at radius 3 is 2.12 bits per heavy atom. The van der Waals surface area contributed by atoms with Crippen LogP contribution in [0.1, 0.15) is 26.3 Å². The van der Waals surface area contributed by atoms with Crippen molar-refractivity contribution in [1.82, 2.24) is 4.90 Å². The predicted octanol–water partition coefficient (Wildman–Crippen LogP) is 5.09. The maximum atomic E-state index is 13.8. The van der Waals surface area contributed by atoms with Gasteiger partial charge in [0.05, 0.1) is 19.9 Å². The van der Waals surface area contributed by atoms with E-state index in [-0.39, 0.29) is 18.7 Å². The summed E-state index contributed by atoms with van der Waals surface area (Å²) in [7, 11) is 3.03. The van der Waals surface area contributed by atoms with Gasteiger partial charge in [0.2, 0.25) is 0 Å². The van der Waals surface area contributed by atoms with Gasteiger partial charge in [0.1, 0.15) is 23.1 Å². The first-order valence-corrected chi connectivity index (χ1v) is 12.6. The lowest BCUT2D eigenvalue weighted by Gasteiger charge is -2.30. The number of imide groups is 1. The lowest BCUT2D eigenvalue weighted by molar-refractivity contribution is -0.114. The molecule has 1 aliphatic rings. The van der Waals surface area contributed by atoms with Crippen LogP contribution in [0.25, 0.3) is 16.8 Å².